The molecule has 29 heavy (non-hydrogen) atoms. The van der Waals surface area contributed by atoms with Crippen molar-refractivity contribution in [1.29, 1.82) is 0 Å². The second-order valence-electron chi connectivity index (χ2n) is 6.44. The van der Waals surface area contributed by atoms with Crippen LogP contribution in [0.5, 0.6) is 17.2 Å². The maximum atomic E-state index is 10.9. The van der Waals surface area contributed by atoms with E-state index >= 15 is 0 Å². The largest absolute Gasteiger partial charge is 0.550 e. The van der Waals surface area contributed by atoms with Gasteiger partial charge in [-0.25, -0.2) is 0 Å². The monoisotopic (exact) mass is 385 g/mol. The summed E-state index contributed by atoms with van der Waals surface area (Å²) in [7, 11) is 0. The number of benzene rings is 3. The summed E-state index contributed by atoms with van der Waals surface area (Å²) in [6.07, 6.45) is -0.130. The normalized spacial score (nSPS) is 11.1. The Labute approximate surface area is 170 Å². The van der Waals surface area contributed by atoms with Crippen LogP contribution in [-0.4, -0.2) is 5.97 Å². The molecule has 146 valence electrons. The summed E-state index contributed by atoms with van der Waals surface area (Å²) < 4.78 is 11.7. The summed E-state index contributed by atoms with van der Waals surface area (Å²) in [6, 6.07) is 24.6. The van der Waals surface area contributed by atoms with Crippen molar-refractivity contribution in [3.05, 3.63) is 90.0 Å². The van der Waals surface area contributed by atoms with Crippen molar-refractivity contribution in [3.8, 4) is 29.1 Å². The Balaban J connectivity index is 1.62. The zero-order chi connectivity index (χ0) is 20.5. The minimum absolute atomic E-state index is 0.130. The van der Waals surface area contributed by atoms with Gasteiger partial charge >= 0.3 is 0 Å². The zero-order valence-corrected chi connectivity index (χ0v) is 16.1. The van der Waals surface area contributed by atoms with E-state index in [1.165, 1.54) is 0 Å². The summed E-state index contributed by atoms with van der Waals surface area (Å²) in [5.41, 5.74) is 1.81. The molecule has 0 amide bonds. The molecule has 0 heterocycles. The number of para-hydroxylation sites is 1. The number of carbonyl (C=O) groups excluding carboxylic acids is 1. The van der Waals surface area contributed by atoms with Crippen LogP contribution in [0.15, 0.2) is 78.9 Å². The van der Waals surface area contributed by atoms with Crippen LogP contribution < -0.4 is 14.6 Å². The number of carboxylic acid groups (broad SMARTS) is 1. The number of hydrogen-bond acceptors (Lipinski definition) is 4. The van der Waals surface area contributed by atoms with Crippen molar-refractivity contribution in [2.24, 2.45) is 0 Å². The van der Waals surface area contributed by atoms with E-state index in [0.29, 0.717) is 12.4 Å². The minimum atomic E-state index is -1.12. The molecule has 0 aliphatic heterocycles. The van der Waals surface area contributed by atoms with Gasteiger partial charge in [0.25, 0.3) is 0 Å². The Morgan fingerprint density at radius 3 is 2.34 bits per heavy atom. The van der Waals surface area contributed by atoms with Gasteiger partial charge in [0.05, 0.1) is 5.92 Å². The molecule has 0 saturated heterocycles. The van der Waals surface area contributed by atoms with Crippen molar-refractivity contribution >= 4 is 5.97 Å². The van der Waals surface area contributed by atoms with E-state index in [2.05, 4.69) is 11.8 Å². The summed E-state index contributed by atoms with van der Waals surface area (Å²) in [5, 5.41) is 10.9. The predicted molar refractivity (Wildman–Crippen MR) is 110 cm³/mol. The summed E-state index contributed by atoms with van der Waals surface area (Å²) >= 11 is 0. The highest BCUT2D eigenvalue weighted by Crippen LogP contribution is 2.24. The number of rotatable bonds is 8. The van der Waals surface area contributed by atoms with Gasteiger partial charge < -0.3 is 19.4 Å². The van der Waals surface area contributed by atoms with Crippen LogP contribution in [0, 0.1) is 11.8 Å². The summed E-state index contributed by atoms with van der Waals surface area (Å²) in [4.78, 5) is 10.9. The topological polar surface area (TPSA) is 58.6 Å². The number of carbonyl (C=O) groups is 1. The van der Waals surface area contributed by atoms with Crippen LogP contribution in [0.3, 0.4) is 0 Å². The SMILES string of the molecule is CC#CC(CC(=O)[O-])c1ccc(OCc2cccc(Oc3ccccc3)c2)cc1. The van der Waals surface area contributed by atoms with Crippen molar-refractivity contribution in [2.75, 3.05) is 0 Å². The molecule has 0 bridgehead atoms. The molecule has 3 aromatic carbocycles. The highest BCUT2D eigenvalue weighted by atomic mass is 16.5. The van der Waals surface area contributed by atoms with Gasteiger partial charge in [0.1, 0.15) is 23.9 Å². The lowest BCUT2D eigenvalue weighted by atomic mass is 9.96. The number of ether oxygens (including phenoxy) is 2. The Bertz CT molecular complexity index is 998. The van der Waals surface area contributed by atoms with Crippen LogP contribution in [0.4, 0.5) is 0 Å². The fourth-order valence-electron chi connectivity index (χ4n) is 2.88. The van der Waals surface area contributed by atoms with E-state index in [9.17, 15) is 9.90 Å². The van der Waals surface area contributed by atoms with Gasteiger partial charge in [0, 0.05) is 12.4 Å². The molecule has 4 heteroatoms. The maximum Gasteiger partial charge on any atom is 0.127 e. The molecule has 0 saturated carbocycles. The van der Waals surface area contributed by atoms with E-state index in [-0.39, 0.29) is 12.3 Å². The quantitative estimate of drug-likeness (QED) is 0.542. The first-order valence-electron chi connectivity index (χ1n) is 9.31. The molecule has 0 fully saturated rings. The standard InChI is InChI=1S/C25H22O4/c1-2-7-21(17-25(26)27)20-12-14-22(15-13-20)28-18-19-8-6-11-24(16-19)29-23-9-4-3-5-10-23/h3-6,8-16,21H,17-18H2,1H3,(H,26,27)/p-1. The van der Waals surface area contributed by atoms with Gasteiger partial charge in [-0.05, 0) is 54.4 Å². The van der Waals surface area contributed by atoms with Gasteiger partial charge in [-0.3, -0.25) is 0 Å². The van der Waals surface area contributed by atoms with Crippen molar-refractivity contribution in [3.63, 3.8) is 0 Å². The minimum Gasteiger partial charge on any atom is -0.550 e. The van der Waals surface area contributed by atoms with E-state index in [1.807, 2.05) is 78.9 Å². The molecule has 4 nitrogen and oxygen atoms in total. The molecule has 3 rings (SSSR count). The number of carboxylic acids is 1. The lowest BCUT2D eigenvalue weighted by Crippen LogP contribution is -2.24. The van der Waals surface area contributed by atoms with Crippen molar-refractivity contribution in [2.45, 2.75) is 25.9 Å². The number of hydrogen-bond donors (Lipinski definition) is 0. The van der Waals surface area contributed by atoms with Crippen LogP contribution in [0.1, 0.15) is 30.4 Å². The Hall–Kier alpha value is -3.71. The first-order chi connectivity index (χ1) is 14.1. The average molecular weight is 385 g/mol. The summed E-state index contributed by atoms with van der Waals surface area (Å²) in [6.45, 7) is 2.08. The van der Waals surface area contributed by atoms with Crippen LogP contribution in [0.2, 0.25) is 0 Å². The first kappa shape index (κ1) is 20.0. The van der Waals surface area contributed by atoms with Gasteiger partial charge in [-0.1, -0.05) is 48.4 Å². The molecule has 0 radical (unpaired) electrons. The van der Waals surface area contributed by atoms with E-state index in [1.54, 1.807) is 6.92 Å². The Morgan fingerprint density at radius 2 is 1.66 bits per heavy atom. The molecule has 1 atom stereocenters. The van der Waals surface area contributed by atoms with Gasteiger partial charge in [0.15, 0.2) is 0 Å². The highest BCUT2D eigenvalue weighted by molar-refractivity contribution is 5.66. The van der Waals surface area contributed by atoms with Crippen molar-refractivity contribution < 1.29 is 19.4 Å². The summed E-state index contributed by atoms with van der Waals surface area (Å²) in [5.74, 6) is 6.40. The third-order valence-electron chi connectivity index (χ3n) is 4.25. The second kappa shape index (κ2) is 10.0. The van der Waals surface area contributed by atoms with Crippen molar-refractivity contribution in [1.82, 2.24) is 0 Å². The van der Waals surface area contributed by atoms with E-state index in [0.717, 1.165) is 22.6 Å². The Morgan fingerprint density at radius 1 is 0.931 bits per heavy atom. The molecule has 0 aliphatic carbocycles. The zero-order valence-electron chi connectivity index (χ0n) is 16.1. The van der Waals surface area contributed by atoms with Gasteiger partial charge in [-0.15, -0.1) is 5.92 Å². The van der Waals surface area contributed by atoms with Crippen LogP contribution in [0.25, 0.3) is 0 Å². The highest BCUT2D eigenvalue weighted by Gasteiger charge is 2.09. The third kappa shape index (κ3) is 6.15. The fourth-order valence-corrected chi connectivity index (χ4v) is 2.88. The molecular formula is C25H21O4-. The predicted octanol–water partition coefficient (Wildman–Crippen LogP) is 4.30. The Kier molecular flexibility index (Phi) is 6.91. The molecule has 0 N–H and O–H groups in total. The van der Waals surface area contributed by atoms with E-state index < -0.39 is 5.97 Å². The molecule has 1 unspecified atom stereocenters. The number of aliphatic carboxylic acids is 1. The van der Waals surface area contributed by atoms with Gasteiger partial charge in [0.2, 0.25) is 0 Å². The lowest BCUT2D eigenvalue weighted by Gasteiger charge is -2.13. The molecule has 0 spiro atoms. The maximum absolute atomic E-state index is 10.9. The van der Waals surface area contributed by atoms with Gasteiger partial charge in [-0.2, -0.15) is 0 Å². The fraction of sp³-hybridized carbons (Fsp3) is 0.160. The first-order valence-corrected chi connectivity index (χ1v) is 9.31. The molecule has 0 aromatic heterocycles. The smallest absolute Gasteiger partial charge is 0.127 e. The second-order valence-corrected chi connectivity index (χ2v) is 6.44. The van der Waals surface area contributed by atoms with Crippen LogP contribution in [-0.2, 0) is 11.4 Å². The van der Waals surface area contributed by atoms with Crippen LogP contribution >= 0.6 is 0 Å². The van der Waals surface area contributed by atoms with E-state index in [4.69, 9.17) is 9.47 Å². The molecule has 3 aromatic rings. The molecule has 0 aliphatic rings. The lowest BCUT2D eigenvalue weighted by molar-refractivity contribution is -0.305. The average Bonchev–Trinajstić information content (AvgIpc) is 2.73. The third-order valence-corrected chi connectivity index (χ3v) is 4.25. The molecular weight excluding hydrogens is 364 g/mol.